The molecule has 2 amide bonds. The number of anilines is 2. The van der Waals surface area contributed by atoms with Crippen LogP contribution in [-0.2, 0) is 4.79 Å². The summed E-state index contributed by atoms with van der Waals surface area (Å²) in [5.74, 6) is -0.796. The topological polar surface area (TPSA) is 84.0 Å². The minimum atomic E-state index is -0.412. The minimum Gasteiger partial charge on any atom is -0.325 e. The van der Waals surface area contributed by atoms with Gasteiger partial charge in [0.15, 0.2) is 4.34 Å². The molecule has 0 saturated carbocycles. The highest BCUT2D eigenvalue weighted by molar-refractivity contribution is 8.01. The molecule has 1 heterocycles. The highest BCUT2D eigenvalue weighted by atomic mass is 32.2. The molecule has 138 valence electrons. The molecule has 6 nitrogen and oxygen atoms in total. The summed E-state index contributed by atoms with van der Waals surface area (Å²) in [6, 6.07) is 12.7. The van der Waals surface area contributed by atoms with Crippen LogP contribution < -0.4 is 10.6 Å². The third kappa shape index (κ3) is 5.60. The lowest BCUT2D eigenvalue weighted by atomic mass is 10.2. The Morgan fingerprint density at radius 1 is 1.04 bits per heavy atom. The van der Waals surface area contributed by atoms with E-state index in [1.54, 1.807) is 0 Å². The molecular weight excluding hydrogens is 387 g/mol. The molecule has 0 unspecified atom stereocenters. The average molecular weight is 402 g/mol. The lowest BCUT2D eigenvalue weighted by molar-refractivity contribution is -0.113. The van der Waals surface area contributed by atoms with Crippen LogP contribution in [0.5, 0.6) is 0 Å². The number of halogens is 1. The molecule has 1 aromatic heterocycles. The first-order valence-corrected chi connectivity index (χ1v) is 9.69. The number of carbonyl (C=O) groups is 2. The molecule has 0 aliphatic heterocycles. The zero-order valence-electron chi connectivity index (χ0n) is 14.2. The van der Waals surface area contributed by atoms with Gasteiger partial charge in [-0.3, -0.25) is 14.9 Å². The number of thioether (sulfide) groups is 1. The second kappa shape index (κ2) is 8.74. The van der Waals surface area contributed by atoms with E-state index >= 15 is 0 Å². The van der Waals surface area contributed by atoms with Crippen molar-refractivity contribution in [2.24, 2.45) is 0 Å². The molecule has 0 radical (unpaired) electrons. The summed E-state index contributed by atoms with van der Waals surface area (Å²) in [5, 5.41) is 13.5. The summed E-state index contributed by atoms with van der Waals surface area (Å²) >= 11 is 2.39. The first kappa shape index (κ1) is 19.0. The Labute approximate surface area is 163 Å². The minimum absolute atomic E-state index is 0.157. The van der Waals surface area contributed by atoms with Gasteiger partial charge < -0.3 is 5.32 Å². The Morgan fingerprint density at radius 2 is 1.74 bits per heavy atom. The van der Waals surface area contributed by atoms with Crippen molar-refractivity contribution >= 4 is 45.7 Å². The maximum absolute atomic E-state index is 12.9. The van der Waals surface area contributed by atoms with Crippen LogP contribution in [0.15, 0.2) is 52.9 Å². The van der Waals surface area contributed by atoms with Crippen molar-refractivity contribution in [2.75, 3.05) is 16.4 Å². The van der Waals surface area contributed by atoms with E-state index in [0.29, 0.717) is 15.0 Å². The number of nitrogens with zero attached hydrogens (tertiary/aromatic N) is 2. The Hall–Kier alpha value is -2.78. The molecule has 0 aliphatic rings. The molecule has 2 N–H and O–H groups in total. The standard InChI is InChI=1S/C18H15FN4O2S2/c1-11-2-8-14(9-3-11)20-15(24)10-26-18-23-22-17(27-18)21-16(25)12-4-6-13(19)7-5-12/h2-9H,10H2,1H3,(H,20,24)(H,21,22,25). The molecule has 0 aliphatic carbocycles. The van der Waals surface area contributed by atoms with Gasteiger partial charge in [0.2, 0.25) is 11.0 Å². The largest absolute Gasteiger partial charge is 0.325 e. The van der Waals surface area contributed by atoms with Crippen molar-refractivity contribution in [3.63, 3.8) is 0 Å². The number of hydrogen-bond acceptors (Lipinski definition) is 6. The molecule has 3 aromatic rings. The van der Waals surface area contributed by atoms with Gasteiger partial charge in [0.05, 0.1) is 5.75 Å². The van der Waals surface area contributed by atoms with Crippen molar-refractivity contribution in [1.82, 2.24) is 10.2 Å². The Balaban J connectivity index is 1.50. The Kier molecular flexibility index (Phi) is 6.15. The van der Waals surface area contributed by atoms with Crippen LogP contribution in [-0.4, -0.2) is 27.8 Å². The number of benzene rings is 2. The fourth-order valence-corrected chi connectivity index (χ4v) is 3.60. The first-order chi connectivity index (χ1) is 13.0. The van der Waals surface area contributed by atoms with Gasteiger partial charge in [-0.15, -0.1) is 10.2 Å². The molecule has 9 heteroatoms. The molecule has 0 saturated heterocycles. The van der Waals surface area contributed by atoms with E-state index in [4.69, 9.17) is 0 Å². The van der Waals surface area contributed by atoms with Crippen LogP contribution in [0.2, 0.25) is 0 Å². The summed E-state index contributed by atoms with van der Waals surface area (Å²) in [5.41, 5.74) is 2.17. The maximum atomic E-state index is 12.9. The van der Waals surface area contributed by atoms with Gasteiger partial charge >= 0.3 is 0 Å². The number of hydrogen-bond donors (Lipinski definition) is 2. The van der Waals surface area contributed by atoms with Gasteiger partial charge in [0, 0.05) is 11.3 Å². The zero-order chi connectivity index (χ0) is 19.2. The second-order valence-electron chi connectivity index (χ2n) is 5.54. The van der Waals surface area contributed by atoms with E-state index in [1.165, 1.54) is 36.0 Å². The van der Waals surface area contributed by atoms with E-state index in [2.05, 4.69) is 20.8 Å². The normalized spacial score (nSPS) is 10.4. The van der Waals surface area contributed by atoms with Gasteiger partial charge in [-0.25, -0.2) is 4.39 Å². The lowest BCUT2D eigenvalue weighted by Crippen LogP contribution is -2.13. The van der Waals surface area contributed by atoms with Crippen molar-refractivity contribution in [3.05, 3.63) is 65.5 Å². The monoisotopic (exact) mass is 402 g/mol. The number of nitrogens with one attached hydrogen (secondary N) is 2. The number of rotatable bonds is 6. The lowest BCUT2D eigenvalue weighted by Gasteiger charge is -2.04. The number of aromatic nitrogens is 2. The summed E-state index contributed by atoms with van der Waals surface area (Å²) in [7, 11) is 0. The SMILES string of the molecule is Cc1ccc(NC(=O)CSc2nnc(NC(=O)c3ccc(F)cc3)s2)cc1. The molecule has 0 spiro atoms. The van der Waals surface area contributed by atoms with Crippen LogP contribution in [0.1, 0.15) is 15.9 Å². The Bertz CT molecular complexity index is 943. The Morgan fingerprint density at radius 3 is 2.44 bits per heavy atom. The number of carbonyl (C=O) groups excluding carboxylic acids is 2. The fourth-order valence-electron chi connectivity index (χ4n) is 2.05. The number of amides is 2. The second-order valence-corrected chi connectivity index (χ2v) is 7.74. The summed E-state index contributed by atoms with van der Waals surface area (Å²) < 4.78 is 13.5. The van der Waals surface area contributed by atoms with Crippen LogP contribution in [0.3, 0.4) is 0 Å². The van der Waals surface area contributed by atoms with E-state index in [0.717, 1.165) is 22.6 Å². The van der Waals surface area contributed by atoms with Gasteiger partial charge in [-0.2, -0.15) is 0 Å². The van der Waals surface area contributed by atoms with Crippen LogP contribution in [0, 0.1) is 12.7 Å². The molecule has 0 fully saturated rings. The van der Waals surface area contributed by atoms with E-state index < -0.39 is 11.7 Å². The van der Waals surface area contributed by atoms with Gasteiger partial charge in [-0.1, -0.05) is 40.8 Å². The fraction of sp³-hybridized carbons (Fsp3) is 0.111. The quantitative estimate of drug-likeness (QED) is 0.481. The van der Waals surface area contributed by atoms with Crippen LogP contribution >= 0.6 is 23.1 Å². The zero-order valence-corrected chi connectivity index (χ0v) is 15.9. The van der Waals surface area contributed by atoms with Crippen molar-refractivity contribution in [3.8, 4) is 0 Å². The van der Waals surface area contributed by atoms with Gasteiger partial charge in [0.1, 0.15) is 5.82 Å². The number of aryl methyl sites for hydroxylation is 1. The third-order valence-electron chi connectivity index (χ3n) is 3.40. The van der Waals surface area contributed by atoms with E-state index in [-0.39, 0.29) is 11.7 Å². The first-order valence-electron chi connectivity index (χ1n) is 7.89. The van der Waals surface area contributed by atoms with Crippen LogP contribution in [0.25, 0.3) is 0 Å². The van der Waals surface area contributed by atoms with Gasteiger partial charge in [-0.05, 0) is 43.3 Å². The molecular formula is C18H15FN4O2S2. The van der Waals surface area contributed by atoms with Crippen LogP contribution in [0.4, 0.5) is 15.2 Å². The molecule has 3 rings (SSSR count). The van der Waals surface area contributed by atoms with Crippen molar-refractivity contribution < 1.29 is 14.0 Å². The molecule has 2 aromatic carbocycles. The summed E-state index contributed by atoms with van der Waals surface area (Å²) in [6.07, 6.45) is 0. The predicted octanol–water partition coefficient (Wildman–Crippen LogP) is 3.97. The highest BCUT2D eigenvalue weighted by Gasteiger charge is 2.12. The smallest absolute Gasteiger partial charge is 0.257 e. The van der Waals surface area contributed by atoms with Crippen molar-refractivity contribution in [1.29, 1.82) is 0 Å². The molecule has 0 bridgehead atoms. The summed E-state index contributed by atoms with van der Waals surface area (Å²) in [6.45, 7) is 1.98. The van der Waals surface area contributed by atoms with Crippen molar-refractivity contribution in [2.45, 2.75) is 11.3 Å². The van der Waals surface area contributed by atoms with E-state index in [1.807, 2.05) is 31.2 Å². The predicted molar refractivity (Wildman–Crippen MR) is 105 cm³/mol. The van der Waals surface area contributed by atoms with E-state index in [9.17, 15) is 14.0 Å². The maximum Gasteiger partial charge on any atom is 0.257 e. The third-order valence-corrected chi connectivity index (χ3v) is 5.37. The molecule has 27 heavy (non-hydrogen) atoms. The average Bonchev–Trinajstić information content (AvgIpc) is 3.10. The summed E-state index contributed by atoms with van der Waals surface area (Å²) in [4.78, 5) is 24.1. The molecule has 0 atom stereocenters. The van der Waals surface area contributed by atoms with Gasteiger partial charge in [0.25, 0.3) is 5.91 Å². The highest BCUT2D eigenvalue weighted by Crippen LogP contribution is 2.26.